The second kappa shape index (κ2) is 3.93. The molecule has 0 amide bonds. The third-order valence-electron chi connectivity index (χ3n) is 1.67. The van der Waals surface area contributed by atoms with Crippen molar-refractivity contribution in [1.82, 2.24) is 5.43 Å². The lowest BCUT2D eigenvalue weighted by atomic mass is 10.1. The number of alkyl halides is 3. The molecule has 0 saturated heterocycles. The number of halogens is 4. The Bertz CT molecular complexity index is 322. The first-order chi connectivity index (χ1) is 6.45. The highest BCUT2D eigenvalue weighted by Crippen LogP contribution is 2.32. The Morgan fingerprint density at radius 1 is 1.29 bits per heavy atom. The fraction of sp³-hybridized carbons (Fsp3) is 0.250. The molecule has 0 aliphatic heterocycles. The fourth-order valence-corrected chi connectivity index (χ4v) is 1.10. The number of benzene rings is 1. The van der Waals surface area contributed by atoms with Gasteiger partial charge in [-0.15, -0.1) is 0 Å². The van der Waals surface area contributed by atoms with Gasteiger partial charge in [0.05, 0.1) is 5.56 Å². The van der Waals surface area contributed by atoms with Gasteiger partial charge in [0.15, 0.2) is 0 Å². The van der Waals surface area contributed by atoms with Crippen LogP contribution in [0.3, 0.4) is 0 Å². The molecule has 0 bridgehead atoms. The Hall–Kier alpha value is -1.14. The molecule has 0 aromatic heterocycles. The largest absolute Gasteiger partial charge is 0.416 e. The lowest BCUT2D eigenvalue weighted by Gasteiger charge is -2.12. The number of rotatable bonds is 2. The first-order valence-corrected chi connectivity index (χ1v) is 3.74. The van der Waals surface area contributed by atoms with Crippen LogP contribution >= 0.6 is 0 Å². The number of hydrazine groups is 1. The van der Waals surface area contributed by atoms with Gasteiger partial charge in [-0.05, 0) is 23.8 Å². The first kappa shape index (κ1) is 10.9. The smallest absolute Gasteiger partial charge is 0.271 e. The van der Waals surface area contributed by atoms with E-state index in [9.17, 15) is 17.6 Å². The molecule has 6 heteroatoms. The molecule has 1 rings (SSSR count). The summed E-state index contributed by atoms with van der Waals surface area (Å²) in [5.41, 5.74) is 0.971. The molecule has 0 aliphatic carbocycles. The summed E-state index contributed by atoms with van der Waals surface area (Å²) in [6, 6.07) is 2.27. The van der Waals surface area contributed by atoms with E-state index in [2.05, 4.69) is 5.43 Å². The lowest BCUT2D eigenvalue weighted by molar-refractivity contribution is -0.138. The maximum atomic E-state index is 12.6. The second-order valence-corrected chi connectivity index (χ2v) is 2.68. The molecule has 0 aliphatic rings. The highest BCUT2D eigenvalue weighted by molar-refractivity contribution is 5.30. The van der Waals surface area contributed by atoms with E-state index < -0.39 is 17.6 Å². The monoisotopic (exact) mass is 208 g/mol. The summed E-state index contributed by atoms with van der Waals surface area (Å²) < 4.78 is 49.6. The van der Waals surface area contributed by atoms with E-state index in [1.165, 1.54) is 0 Å². The zero-order valence-corrected chi connectivity index (χ0v) is 7.03. The molecular formula is C8H8F4N2. The van der Waals surface area contributed by atoms with Crippen LogP contribution in [-0.4, -0.2) is 0 Å². The fourth-order valence-electron chi connectivity index (χ4n) is 1.10. The molecule has 1 aromatic carbocycles. The zero-order valence-electron chi connectivity index (χ0n) is 7.03. The van der Waals surface area contributed by atoms with Crippen molar-refractivity contribution in [2.45, 2.75) is 12.7 Å². The van der Waals surface area contributed by atoms with Gasteiger partial charge >= 0.3 is 6.18 Å². The number of nitrogens with two attached hydrogens (primary N) is 1. The van der Waals surface area contributed by atoms with Crippen molar-refractivity contribution in [3.8, 4) is 0 Å². The molecule has 3 N–H and O–H groups in total. The van der Waals surface area contributed by atoms with Crippen molar-refractivity contribution < 1.29 is 17.6 Å². The van der Waals surface area contributed by atoms with Crippen molar-refractivity contribution in [3.05, 3.63) is 35.1 Å². The van der Waals surface area contributed by atoms with Gasteiger partial charge in [-0.25, -0.2) is 4.39 Å². The molecule has 0 atom stereocenters. The highest BCUT2D eigenvalue weighted by atomic mass is 19.4. The molecular weight excluding hydrogens is 200 g/mol. The molecule has 0 saturated carbocycles. The lowest BCUT2D eigenvalue weighted by Crippen LogP contribution is -2.23. The van der Waals surface area contributed by atoms with Crippen LogP contribution in [0.4, 0.5) is 17.6 Å². The molecule has 0 fully saturated rings. The van der Waals surface area contributed by atoms with E-state index in [1.54, 1.807) is 0 Å². The van der Waals surface area contributed by atoms with Crippen molar-refractivity contribution >= 4 is 0 Å². The van der Waals surface area contributed by atoms with Crippen molar-refractivity contribution in [1.29, 1.82) is 0 Å². The van der Waals surface area contributed by atoms with Crippen LogP contribution in [-0.2, 0) is 12.7 Å². The summed E-state index contributed by atoms with van der Waals surface area (Å²) in [4.78, 5) is 0. The summed E-state index contributed by atoms with van der Waals surface area (Å²) in [7, 11) is 0. The van der Waals surface area contributed by atoms with Gasteiger partial charge in [0.25, 0.3) is 0 Å². The van der Waals surface area contributed by atoms with Crippen LogP contribution in [0.25, 0.3) is 0 Å². The Kier molecular flexibility index (Phi) is 3.07. The SMILES string of the molecule is NNCc1cc(F)ccc1C(F)(F)F. The minimum atomic E-state index is -4.49. The third-order valence-corrected chi connectivity index (χ3v) is 1.67. The highest BCUT2D eigenvalue weighted by Gasteiger charge is 2.33. The average molecular weight is 208 g/mol. The van der Waals surface area contributed by atoms with Crippen molar-refractivity contribution in [3.63, 3.8) is 0 Å². The minimum absolute atomic E-state index is 0.208. The number of hydrogen-bond acceptors (Lipinski definition) is 2. The predicted molar refractivity (Wildman–Crippen MR) is 42.4 cm³/mol. The quantitative estimate of drug-likeness (QED) is 0.442. The van der Waals surface area contributed by atoms with E-state index in [0.29, 0.717) is 6.07 Å². The minimum Gasteiger partial charge on any atom is -0.271 e. The Morgan fingerprint density at radius 2 is 1.93 bits per heavy atom. The van der Waals surface area contributed by atoms with Gasteiger partial charge < -0.3 is 0 Å². The van der Waals surface area contributed by atoms with E-state index >= 15 is 0 Å². The third kappa shape index (κ3) is 2.43. The van der Waals surface area contributed by atoms with Crippen molar-refractivity contribution in [2.75, 3.05) is 0 Å². The molecule has 1 aromatic rings. The van der Waals surface area contributed by atoms with Crippen LogP contribution in [0.15, 0.2) is 18.2 Å². The Balaban J connectivity index is 3.15. The molecule has 0 radical (unpaired) electrons. The summed E-state index contributed by atoms with van der Waals surface area (Å²) in [5, 5.41) is 0. The van der Waals surface area contributed by atoms with E-state index in [1.807, 2.05) is 0 Å². The standard InChI is InChI=1S/C8H8F4N2/c9-6-1-2-7(8(10,11)12)5(3-6)4-14-13/h1-3,14H,4,13H2. The van der Waals surface area contributed by atoms with Gasteiger partial charge in [0, 0.05) is 6.54 Å². The van der Waals surface area contributed by atoms with Gasteiger partial charge in [-0.2, -0.15) is 13.2 Å². The topological polar surface area (TPSA) is 38.0 Å². The molecule has 14 heavy (non-hydrogen) atoms. The van der Waals surface area contributed by atoms with Crippen LogP contribution in [0.1, 0.15) is 11.1 Å². The van der Waals surface area contributed by atoms with Crippen LogP contribution in [0.2, 0.25) is 0 Å². The Morgan fingerprint density at radius 3 is 2.43 bits per heavy atom. The number of hydrogen-bond donors (Lipinski definition) is 2. The van der Waals surface area contributed by atoms with Gasteiger partial charge in [-0.1, -0.05) is 0 Å². The average Bonchev–Trinajstić information content (AvgIpc) is 2.02. The van der Waals surface area contributed by atoms with Crippen molar-refractivity contribution in [2.24, 2.45) is 5.84 Å². The summed E-state index contributed by atoms with van der Waals surface area (Å²) >= 11 is 0. The Labute approximate surface area is 77.7 Å². The van der Waals surface area contributed by atoms with Gasteiger partial charge in [0.2, 0.25) is 0 Å². The van der Waals surface area contributed by atoms with Gasteiger partial charge in [-0.3, -0.25) is 11.3 Å². The zero-order chi connectivity index (χ0) is 10.8. The maximum absolute atomic E-state index is 12.6. The molecule has 78 valence electrons. The maximum Gasteiger partial charge on any atom is 0.416 e. The first-order valence-electron chi connectivity index (χ1n) is 3.74. The second-order valence-electron chi connectivity index (χ2n) is 2.68. The summed E-state index contributed by atoms with van der Waals surface area (Å²) in [6.07, 6.45) is -4.49. The van der Waals surface area contributed by atoms with E-state index in [-0.39, 0.29) is 12.1 Å². The normalized spacial score (nSPS) is 11.8. The van der Waals surface area contributed by atoms with E-state index in [0.717, 1.165) is 12.1 Å². The van der Waals surface area contributed by atoms with Crippen LogP contribution in [0.5, 0.6) is 0 Å². The van der Waals surface area contributed by atoms with Gasteiger partial charge in [0.1, 0.15) is 5.82 Å². The molecule has 0 heterocycles. The summed E-state index contributed by atoms with van der Waals surface area (Å²) in [6.45, 7) is -0.230. The van der Waals surface area contributed by atoms with E-state index in [4.69, 9.17) is 5.84 Å². The predicted octanol–water partition coefficient (Wildman–Crippen LogP) is 1.81. The summed E-state index contributed by atoms with van der Waals surface area (Å²) in [5.74, 6) is 4.16. The van der Waals surface area contributed by atoms with Crippen LogP contribution < -0.4 is 11.3 Å². The molecule has 2 nitrogen and oxygen atoms in total. The molecule has 0 unspecified atom stereocenters. The molecule has 0 spiro atoms. The number of nitrogens with one attached hydrogen (secondary N) is 1. The van der Waals surface area contributed by atoms with Crippen LogP contribution in [0, 0.1) is 5.82 Å².